The summed E-state index contributed by atoms with van der Waals surface area (Å²) < 4.78 is 4.59. The lowest BCUT2D eigenvalue weighted by Crippen LogP contribution is -2.44. The highest BCUT2D eigenvalue weighted by molar-refractivity contribution is 5.92. The summed E-state index contributed by atoms with van der Waals surface area (Å²) >= 11 is 0. The van der Waals surface area contributed by atoms with Crippen LogP contribution in [0, 0.1) is 34.5 Å². The van der Waals surface area contributed by atoms with Gasteiger partial charge in [-0.2, -0.15) is 5.26 Å². The van der Waals surface area contributed by atoms with Crippen LogP contribution >= 0.6 is 0 Å². The fourth-order valence-corrected chi connectivity index (χ4v) is 4.99. The predicted molar refractivity (Wildman–Crippen MR) is 75.5 cm³/mol. The van der Waals surface area contributed by atoms with E-state index in [4.69, 9.17) is 5.26 Å². The van der Waals surface area contributed by atoms with Crippen LogP contribution in [-0.4, -0.2) is 13.1 Å². The number of ether oxygens (including phenoxy) is 1. The van der Waals surface area contributed by atoms with Crippen molar-refractivity contribution in [1.82, 2.24) is 0 Å². The molecule has 0 unspecified atom stereocenters. The van der Waals surface area contributed by atoms with Crippen LogP contribution in [0.2, 0.25) is 0 Å². The number of carbonyl (C=O) groups excluding carboxylic acids is 1. The summed E-state index contributed by atoms with van der Waals surface area (Å²) in [4.78, 5) is 11.3. The van der Waals surface area contributed by atoms with Crippen molar-refractivity contribution in [2.45, 2.75) is 38.5 Å². The van der Waals surface area contributed by atoms with E-state index in [2.05, 4.69) is 10.8 Å². The molecule has 0 heterocycles. The molecule has 4 bridgehead atoms. The van der Waals surface area contributed by atoms with Crippen molar-refractivity contribution in [1.29, 1.82) is 5.26 Å². The van der Waals surface area contributed by atoms with E-state index in [1.54, 1.807) is 6.08 Å². The molecular weight excluding hydrogens is 250 g/mol. The summed E-state index contributed by atoms with van der Waals surface area (Å²) in [5, 5.41) is 8.94. The maximum Gasteiger partial charge on any atom is 0.348 e. The van der Waals surface area contributed by atoms with E-state index in [0.717, 1.165) is 17.8 Å². The molecule has 0 aromatic carbocycles. The number of allylic oxidation sites excluding steroid dienone is 3. The first-order chi connectivity index (χ1) is 9.64. The van der Waals surface area contributed by atoms with Gasteiger partial charge < -0.3 is 4.74 Å². The molecule has 0 amide bonds. The number of hydrogen-bond donors (Lipinski definition) is 0. The van der Waals surface area contributed by atoms with Crippen molar-refractivity contribution in [3.05, 3.63) is 23.8 Å². The van der Waals surface area contributed by atoms with Crippen molar-refractivity contribution in [2.75, 3.05) is 7.11 Å². The highest BCUT2D eigenvalue weighted by Crippen LogP contribution is 2.60. The van der Waals surface area contributed by atoms with Crippen molar-refractivity contribution in [3.8, 4) is 6.07 Å². The van der Waals surface area contributed by atoms with E-state index in [9.17, 15) is 4.79 Å². The van der Waals surface area contributed by atoms with Crippen LogP contribution in [0.15, 0.2) is 23.8 Å². The summed E-state index contributed by atoms with van der Waals surface area (Å²) in [6.45, 7) is 0. The minimum Gasteiger partial charge on any atom is -0.465 e. The largest absolute Gasteiger partial charge is 0.465 e. The summed E-state index contributed by atoms with van der Waals surface area (Å²) in [5.74, 6) is 2.17. The molecule has 3 nitrogen and oxygen atoms in total. The molecule has 0 aliphatic heterocycles. The third-order valence-corrected chi connectivity index (χ3v) is 5.32. The van der Waals surface area contributed by atoms with Crippen LogP contribution in [0.25, 0.3) is 0 Å². The molecule has 0 radical (unpaired) electrons. The van der Waals surface area contributed by atoms with E-state index in [-0.39, 0.29) is 5.57 Å². The van der Waals surface area contributed by atoms with Gasteiger partial charge in [0, 0.05) is 0 Å². The van der Waals surface area contributed by atoms with Crippen molar-refractivity contribution < 1.29 is 9.53 Å². The lowest BCUT2D eigenvalue weighted by Gasteiger charge is -2.55. The van der Waals surface area contributed by atoms with Crippen LogP contribution < -0.4 is 0 Å². The number of nitrogens with zero attached hydrogens (tertiary/aromatic N) is 1. The molecule has 0 aromatic heterocycles. The number of rotatable bonds is 3. The zero-order valence-corrected chi connectivity index (χ0v) is 12.0. The lowest BCUT2D eigenvalue weighted by molar-refractivity contribution is -0.135. The fourth-order valence-electron chi connectivity index (χ4n) is 4.99. The molecule has 0 spiro atoms. The second-order valence-electron chi connectivity index (χ2n) is 6.82. The monoisotopic (exact) mass is 271 g/mol. The molecule has 3 heteroatoms. The Balaban J connectivity index is 1.74. The molecule has 4 aliphatic rings. The molecule has 0 N–H and O–H groups in total. The van der Waals surface area contributed by atoms with Crippen molar-refractivity contribution in [2.24, 2.45) is 23.2 Å². The Morgan fingerprint density at radius 2 is 1.75 bits per heavy atom. The van der Waals surface area contributed by atoms with E-state index in [0.29, 0.717) is 5.41 Å². The molecular formula is C17H21NO2. The minimum atomic E-state index is -0.553. The summed E-state index contributed by atoms with van der Waals surface area (Å²) in [6, 6.07) is 1.90. The Labute approximate surface area is 120 Å². The summed E-state index contributed by atoms with van der Waals surface area (Å²) in [7, 11) is 1.30. The Hall–Kier alpha value is -1.56. The van der Waals surface area contributed by atoms with E-state index in [1.165, 1.54) is 45.6 Å². The van der Waals surface area contributed by atoms with E-state index >= 15 is 0 Å². The molecule has 106 valence electrons. The Kier molecular flexibility index (Phi) is 3.41. The first-order valence-corrected chi connectivity index (χ1v) is 7.52. The standard InChI is InChI=1S/C17H21NO2/c1-20-16(19)15(11-18)3-2-4-17-8-12-5-13(9-17)7-14(6-12)10-17/h2-4,12-14H,5-10H2,1H3/b4-2+,15-3+. The number of hydrogen-bond acceptors (Lipinski definition) is 3. The van der Waals surface area contributed by atoms with Gasteiger partial charge in [-0.1, -0.05) is 12.2 Å². The highest BCUT2D eigenvalue weighted by atomic mass is 16.5. The molecule has 4 rings (SSSR count). The Morgan fingerprint density at radius 1 is 1.20 bits per heavy atom. The Bertz CT molecular complexity index is 474. The van der Waals surface area contributed by atoms with Gasteiger partial charge in [0.2, 0.25) is 0 Å². The molecule has 4 fully saturated rings. The minimum absolute atomic E-state index is 0.0773. The second kappa shape index (κ2) is 5.09. The average Bonchev–Trinajstić information content (AvgIpc) is 2.41. The van der Waals surface area contributed by atoms with Gasteiger partial charge in [-0.25, -0.2) is 4.79 Å². The molecule has 0 aromatic rings. The third-order valence-electron chi connectivity index (χ3n) is 5.32. The van der Waals surface area contributed by atoms with Crippen molar-refractivity contribution >= 4 is 5.97 Å². The predicted octanol–water partition coefficient (Wildman–Crippen LogP) is 3.38. The first-order valence-electron chi connectivity index (χ1n) is 7.52. The van der Waals surface area contributed by atoms with Gasteiger partial charge in [0.15, 0.2) is 0 Å². The average molecular weight is 271 g/mol. The van der Waals surface area contributed by atoms with E-state index < -0.39 is 5.97 Å². The number of nitriles is 1. The van der Waals surface area contributed by atoms with Crippen LogP contribution in [0.5, 0.6) is 0 Å². The van der Waals surface area contributed by atoms with Gasteiger partial charge >= 0.3 is 5.97 Å². The van der Waals surface area contributed by atoms with Gasteiger partial charge in [0.25, 0.3) is 0 Å². The quantitative estimate of drug-likeness (QED) is 0.342. The normalized spacial score (nSPS) is 39.0. The van der Waals surface area contributed by atoms with Crippen LogP contribution in [0.3, 0.4) is 0 Å². The number of carbonyl (C=O) groups is 1. The van der Waals surface area contributed by atoms with Crippen molar-refractivity contribution in [3.63, 3.8) is 0 Å². The maximum absolute atomic E-state index is 11.3. The molecule has 0 saturated heterocycles. The lowest BCUT2D eigenvalue weighted by atomic mass is 9.49. The first kappa shape index (κ1) is 13.4. The SMILES string of the molecule is COC(=O)/C(C#N)=C/C=C/C12CC3CC(CC(C3)C1)C2. The smallest absolute Gasteiger partial charge is 0.348 e. The number of esters is 1. The summed E-state index contributed by atoms with van der Waals surface area (Å²) in [5.41, 5.74) is 0.413. The zero-order valence-electron chi connectivity index (χ0n) is 12.0. The van der Waals surface area contributed by atoms with Crippen LogP contribution in [0.4, 0.5) is 0 Å². The molecule has 4 saturated carbocycles. The van der Waals surface area contributed by atoms with Gasteiger partial charge in [0.1, 0.15) is 11.6 Å². The molecule has 0 atom stereocenters. The van der Waals surface area contributed by atoms with Gasteiger partial charge in [-0.15, -0.1) is 0 Å². The van der Waals surface area contributed by atoms with Gasteiger partial charge in [-0.05, 0) is 67.8 Å². The highest BCUT2D eigenvalue weighted by Gasteiger charge is 2.49. The van der Waals surface area contributed by atoms with E-state index in [1.807, 2.05) is 12.1 Å². The van der Waals surface area contributed by atoms with Crippen LogP contribution in [-0.2, 0) is 9.53 Å². The Morgan fingerprint density at radius 3 is 2.20 bits per heavy atom. The van der Waals surface area contributed by atoms with Gasteiger partial charge in [-0.3, -0.25) is 0 Å². The van der Waals surface area contributed by atoms with Crippen LogP contribution in [0.1, 0.15) is 38.5 Å². The van der Waals surface area contributed by atoms with Gasteiger partial charge in [0.05, 0.1) is 7.11 Å². The topological polar surface area (TPSA) is 50.1 Å². The second-order valence-corrected chi connectivity index (χ2v) is 6.82. The fraction of sp³-hybridized carbons (Fsp3) is 0.647. The molecule has 20 heavy (non-hydrogen) atoms. The maximum atomic E-state index is 11.3. The third kappa shape index (κ3) is 2.40. The summed E-state index contributed by atoms with van der Waals surface area (Å²) in [6.07, 6.45) is 13.9. The molecule has 4 aliphatic carbocycles. The zero-order chi connectivity index (χ0) is 14.2. The number of methoxy groups -OCH3 is 1.